The van der Waals surface area contributed by atoms with Gasteiger partial charge in [-0.3, -0.25) is 14.5 Å². The van der Waals surface area contributed by atoms with Crippen LogP contribution in [0.25, 0.3) is 0 Å². The number of piperidine rings is 1. The lowest BCUT2D eigenvalue weighted by Crippen LogP contribution is -2.44. The van der Waals surface area contributed by atoms with E-state index >= 15 is 0 Å². The zero-order valence-electron chi connectivity index (χ0n) is 9.29. The lowest BCUT2D eigenvalue weighted by Gasteiger charge is -2.28. The lowest BCUT2D eigenvalue weighted by molar-refractivity contribution is -0.135. The van der Waals surface area contributed by atoms with Crippen LogP contribution in [0.1, 0.15) is 12.8 Å². The molecule has 1 fully saturated rings. The molecule has 92 valence electrons. The third kappa shape index (κ3) is 4.22. The number of likely N-dealkylation sites (tertiary alicyclic amines) is 1. The van der Waals surface area contributed by atoms with E-state index < -0.39 is 13.0 Å². The fraction of sp³-hybridized carbons (Fsp3) is 0.800. The first-order valence-corrected chi connectivity index (χ1v) is 5.25. The molecule has 0 bridgehead atoms. The minimum absolute atomic E-state index is 0.0153. The Labute approximate surface area is 93.2 Å². The summed E-state index contributed by atoms with van der Waals surface area (Å²) in [7, 11) is 1.49. The van der Waals surface area contributed by atoms with E-state index in [0.29, 0.717) is 25.9 Å². The Kier molecular flexibility index (Phi) is 4.79. The highest BCUT2D eigenvalue weighted by atomic mass is 19.3. The second kappa shape index (κ2) is 5.89. The van der Waals surface area contributed by atoms with Crippen LogP contribution in [0.5, 0.6) is 0 Å². The standard InChI is InChI=1S/C10H16F2N2O2/c1-13(6-9(11)12)7-10(16)14-4-2-8(15)3-5-14/h9H,2-7H2,1H3. The summed E-state index contributed by atoms with van der Waals surface area (Å²) in [5, 5.41) is 0. The number of halogens is 2. The van der Waals surface area contributed by atoms with Gasteiger partial charge in [0, 0.05) is 25.9 Å². The van der Waals surface area contributed by atoms with E-state index in [9.17, 15) is 18.4 Å². The van der Waals surface area contributed by atoms with Crippen molar-refractivity contribution in [2.24, 2.45) is 0 Å². The van der Waals surface area contributed by atoms with Crippen molar-refractivity contribution in [2.45, 2.75) is 19.3 Å². The molecular formula is C10H16F2N2O2. The third-order valence-corrected chi connectivity index (χ3v) is 2.53. The van der Waals surface area contributed by atoms with E-state index in [1.165, 1.54) is 11.9 Å². The van der Waals surface area contributed by atoms with Crippen molar-refractivity contribution in [3.8, 4) is 0 Å². The van der Waals surface area contributed by atoms with E-state index in [1.54, 1.807) is 4.90 Å². The Bertz CT molecular complexity index is 262. The van der Waals surface area contributed by atoms with E-state index in [2.05, 4.69) is 0 Å². The number of nitrogens with zero attached hydrogens (tertiary/aromatic N) is 2. The van der Waals surface area contributed by atoms with E-state index in [4.69, 9.17) is 0 Å². The average molecular weight is 234 g/mol. The molecule has 1 rings (SSSR count). The molecule has 4 nitrogen and oxygen atoms in total. The lowest BCUT2D eigenvalue weighted by atomic mass is 10.1. The molecule has 1 aliphatic rings. The molecule has 0 radical (unpaired) electrons. The van der Waals surface area contributed by atoms with Crippen LogP contribution in [0, 0.1) is 0 Å². The first kappa shape index (κ1) is 13.0. The molecular weight excluding hydrogens is 218 g/mol. The van der Waals surface area contributed by atoms with Crippen molar-refractivity contribution in [1.29, 1.82) is 0 Å². The summed E-state index contributed by atoms with van der Waals surface area (Å²) in [6.07, 6.45) is -1.67. The predicted octanol–water partition coefficient (Wildman–Crippen LogP) is 0.375. The first-order chi connectivity index (χ1) is 7.49. The fourth-order valence-electron chi connectivity index (χ4n) is 1.64. The van der Waals surface area contributed by atoms with Gasteiger partial charge in [0.15, 0.2) is 0 Å². The Morgan fingerprint density at radius 3 is 2.50 bits per heavy atom. The predicted molar refractivity (Wildman–Crippen MR) is 54.3 cm³/mol. The van der Waals surface area contributed by atoms with Crippen LogP contribution in [0.15, 0.2) is 0 Å². The molecule has 0 atom stereocenters. The highest BCUT2D eigenvalue weighted by Gasteiger charge is 2.22. The molecule has 6 heteroatoms. The maximum absolute atomic E-state index is 12.0. The zero-order valence-corrected chi connectivity index (χ0v) is 9.29. The molecule has 0 unspecified atom stereocenters. The molecule has 0 N–H and O–H groups in total. The molecule has 16 heavy (non-hydrogen) atoms. The van der Waals surface area contributed by atoms with Crippen molar-refractivity contribution < 1.29 is 18.4 Å². The number of hydrogen-bond donors (Lipinski definition) is 0. The van der Waals surface area contributed by atoms with Gasteiger partial charge in [-0.05, 0) is 7.05 Å². The minimum atomic E-state index is -2.43. The van der Waals surface area contributed by atoms with Crippen LogP contribution < -0.4 is 0 Å². The summed E-state index contributed by atoms with van der Waals surface area (Å²) >= 11 is 0. The number of amides is 1. The average Bonchev–Trinajstić information content (AvgIpc) is 2.16. The van der Waals surface area contributed by atoms with Crippen molar-refractivity contribution in [1.82, 2.24) is 9.80 Å². The molecule has 0 saturated carbocycles. The summed E-state index contributed by atoms with van der Waals surface area (Å²) in [5.74, 6) is -0.0272. The molecule has 0 aromatic carbocycles. The van der Waals surface area contributed by atoms with Gasteiger partial charge in [0.2, 0.25) is 5.91 Å². The number of hydrogen-bond acceptors (Lipinski definition) is 3. The van der Waals surface area contributed by atoms with Gasteiger partial charge in [0.1, 0.15) is 5.78 Å². The van der Waals surface area contributed by atoms with Crippen molar-refractivity contribution in [2.75, 3.05) is 33.2 Å². The normalized spacial score (nSPS) is 17.3. The Balaban J connectivity index is 2.31. The van der Waals surface area contributed by atoms with Gasteiger partial charge >= 0.3 is 0 Å². The zero-order chi connectivity index (χ0) is 12.1. The molecule has 1 saturated heterocycles. The van der Waals surface area contributed by atoms with Gasteiger partial charge in [0.25, 0.3) is 6.43 Å². The molecule has 1 heterocycles. The Hall–Kier alpha value is -1.04. The first-order valence-electron chi connectivity index (χ1n) is 5.25. The summed E-state index contributed by atoms with van der Waals surface area (Å²) < 4.78 is 24.0. The Morgan fingerprint density at radius 2 is 2.00 bits per heavy atom. The SMILES string of the molecule is CN(CC(=O)N1CCC(=O)CC1)CC(F)F. The van der Waals surface area contributed by atoms with E-state index in [-0.39, 0.29) is 18.2 Å². The van der Waals surface area contributed by atoms with Crippen LogP contribution in [-0.4, -0.2) is 61.1 Å². The summed E-state index contributed by atoms with van der Waals surface area (Å²) in [6.45, 7) is 0.414. The largest absolute Gasteiger partial charge is 0.341 e. The maximum atomic E-state index is 12.0. The number of alkyl halides is 2. The number of Topliss-reactive ketones (excluding diaryl/α,β-unsaturated/α-hetero) is 1. The monoisotopic (exact) mass is 234 g/mol. The van der Waals surface area contributed by atoms with Crippen molar-refractivity contribution in [3.63, 3.8) is 0 Å². The third-order valence-electron chi connectivity index (χ3n) is 2.53. The van der Waals surface area contributed by atoms with Crippen molar-refractivity contribution >= 4 is 11.7 Å². The van der Waals surface area contributed by atoms with Crippen LogP contribution in [0.3, 0.4) is 0 Å². The number of likely N-dealkylation sites (N-methyl/N-ethyl adjacent to an activating group) is 1. The van der Waals surface area contributed by atoms with Gasteiger partial charge < -0.3 is 4.90 Å². The highest BCUT2D eigenvalue weighted by Crippen LogP contribution is 2.06. The minimum Gasteiger partial charge on any atom is -0.341 e. The quantitative estimate of drug-likeness (QED) is 0.706. The van der Waals surface area contributed by atoms with E-state index in [1.807, 2.05) is 0 Å². The number of rotatable bonds is 4. The molecule has 0 aliphatic carbocycles. The van der Waals surface area contributed by atoms with Crippen LogP contribution >= 0.6 is 0 Å². The topological polar surface area (TPSA) is 40.6 Å². The summed E-state index contributed by atoms with van der Waals surface area (Å²) in [5.41, 5.74) is 0. The maximum Gasteiger partial charge on any atom is 0.251 e. The number of ketones is 1. The molecule has 0 spiro atoms. The molecule has 1 aliphatic heterocycles. The highest BCUT2D eigenvalue weighted by molar-refractivity contribution is 5.84. The van der Waals surface area contributed by atoms with Gasteiger partial charge in [-0.1, -0.05) is 0 Å². The van der Waals surface area contributed by atoms with Crippen molar-refractivity contribution in [3.05, 3.63) is 0 Å². The van der Waals surface area contributed by atoms with Crippen LogP contribution in [-0.2, 0) is 9.59 Å². The number of carbonyl (C=O) groups excluding carboxylic acids is 2. The van der Waals surface area contributed by atoms with Crippen LogP contribution in [0.4, 0.5) is 8.78 Å². The molecule has 0 aromatic rings. The summed E-state index contributed by atoms with van der Waals surface area (Å²) in [4.78, 5) is 25.4. The summed E-state index contributed by atoms with van der Waals surface area (Å²) in [6, 6.07) is 0. The smallest absolute Gasteiger partial charge is 0.251 e. The number of carbonyl (C=O) groups is 2. The molecule has 0 aromatic heterocycles. The van der Waals surface area contributed by atoms with Gasteiger partial charge in [-0.2, -0.15) is 0 Å². The second-order valence-electron chi connectivity index (χ2n) is 4.01. The van der Waals surface area contributed by atoms with Gasteiger partial charge in [-0.15, -0.1) is 0 Å². The van der Waals surface area contributed by atoms with Crippen LogP contribution in [0.2, 0.25) is 0 Å². The van der Waals surface area contributed by atoms with E-state index in [0.717, 1.165) is 0 Å². The fourth-order valence-corrected chi connectivity index (χ4v) is 1.64. The Morgan fingerprint density at radius 1 is 1.44 bits per heavy atom. The van der Waals surface area contributed by atoms with Gasteiger partial charge in [-0.25, -0.2) is 8.78 Å². The second-order valence-corrected chi connectivity index (χ2v) is 4.01. The van der Waals surface area contributed by atoms with Gasteiger partial charge in [0.05, 0.1) is 13.1 Å². The molecule has 1 amide bonds.